The number of amides is 1. The van der Waals surface area contributed by atoms with Crippen LogP contribution in [0.2, 0.25) is 0 Å². The summed E-state index contributed by atoms with van der Waals surface area (Å²) in [7, 11) is 0. The van der Waals surface area contributed by atoms with E-state index in [0.29, 0.717) is 6.54 Å². The molecule has 0 heterocycles. The van der Waals surface area contributed by atoms with Gasteiger partial charge < -0.3 is 15.8 Å². The number of nitrogens with zero attached hydrogens (tertiary/aromatic N) is 1. The summed E-state index contributed by atoms with van der Waals surface area (Å²) in [5, 5.41) is 2.78. The molecule has 0 saturated heterocycles. The summed E-state index contributed by atoms with van der Waals surface area (Å²) in [5.74, 6) is 0. The van der Waals surface area contributed by atoms with E-state index in [-0.39, 0.29) is 6.10 Å². The van der Waals surface area contributed by atoms with Crippen molar-refractivity contribution in [2.24, 2.45) is 5.73 Å². The number of carbonyl (C=O) groups excluding carboxylic acids is 1. The van der Waals surface area contributed by atoms with Crippen LogP contribution in [0.25, 0.3) is 0 Å². The Morgan fingerprint density at radius 3 is 2.34 bits per heavy atom. The number of allylic oxidation sites excluding steroid dienone is 2. The molecule has 0 fully saturated rings. The Morgan fingerprint density at radius 1 is 1.11 bits per heavy atom. The zero-order chi connectivity index (χ0) is 25.9. The summed E-state index contributed by atoms with van der Waals surface area (Å²) >= 11 is 0. The predicted molar refractivity (Wildman–Crippen MR) is 148 cm³/mol. The molecular formula is C30H43N3O2. The van der Waals surface area contributed by atoms with Gasteiger partial charge in [0.2, 0.25) is 0 Å². The molecule has 0 spiro atoms. The Bertz CT molecular complexity index is 905. The highest BCUT2D eigenvalue weighted by Crippen LogP contribution is 2.16. The van der Waals surface area contributed by atoms with E-state index in [4.69, 9.17) is 10.5 Å². The molecular weight excluding hydrogens is 434 g/mol. The highest BCUT2D eigenvalue weighted by molar-refractivity contribution is 5.67. The molecule has 1 unspecified atom stereocenters. The molecule has 0 aromatic heterocycles. The van der Waals surface area contributed by atoms with Crippen LogP contribution < -0.4 is 11.1 Å². The van der Waals surface area contributed by atoms with E-state index in [1.165, 1.54) is 17.6 Å². The normalized spacial score (nSPS) is 12.1. The summed E-state index contributed by atoms with van der Waals surface area (Å²) in [6.07, 6.45) is 8.96. The van der Waals surface area contributed by atoms with E-state index in [9.17, 15) is 4.79 Å². The van der Waals surface area contributed by atoms with Crippen molar-refractivity contribution >= 4 is 6.09 Å². The lowest BCUT2D eigenvalue weighted by atomic mass is 10.1. The van der Waals surface area contributed by atoms with E-state index in [2.05, 4.69) is 49.7 Å². The largest absolute Gasteiger partial charge is 0.442 e. The van der Waals surface area contributed by atoms with Gasteiger partial charge in [-0.15, -0.1) is 6.58 Å². The van der Waals surface area contributed by atoms with Crippen molar-refractivity contribution < 1.29 is 9.53 Å². The Labute approximate surface area is 212 Å². The van der Waals surface area contributed by atoms with Crippen LogP contribution >= 0.6 is 0 Å². The molecule has 0 radical (unpaired) electrons. The number of nitrogens with two attached hydrogens (primary N) is 1. The molecule has 0 aliphatic rings. The minimum absolute atomic E-state index is 0.256. The number of aryl methyl sites for hydroxylation is 1. The number of benzene rings is 2. The van der Waals surface area contributed by atoms with Gasteiger partial charge in [0.15, 0.2) is 0 Å². The molecule has 0 aliphatic carbocycles. The molecule has 2 rings (SSSR count). The summed E-state index contributed by atoms with van der Waals surface area (Å²) < 4.78 is 5.35. The monoisotopic (exact) mass is 477 g/mol. The van der Waals surface area contributed by atoms with Crippen LogP contribution in [-0.2, 0) is 17.7 Å². The third-order valence-corrected chi connectivity index (χ3v) is 5.31. The van der Waals surface area contributed by atoms with Gasteiger partial charge in [-0.25, -0.2) is 4.79 Å². The second-order valence-electron chi connectivity index (χ2n) is 8.40. The van der Waals surface area contributed by atoms with Crippen molar-refractivity contribution in [1.82, 2.24) is 10.2 Å². The fraction of sp³-hybridized carbons (Fsp3) is 0.367. The Hall–Kier alpha value is -3.31. The average Bonchev–Trinajstić information content (AvgIpc) is 2.87. The molecule has 0 aliphatic heterocycles. The molecule has 0 saturated carbocycles. The van der Waals surface area contributed by atoms with Gasteiger partial charge in [-0.1, -0.05) is 86.2 Å². The minimum Gasteiger partial charge on any atom is -0.442 e. The quantitative estimate of drug-likeness (QED) is 0.269. The molecule has 0 bridgehead atoms. The summed E-state index contributed by atoms with van der Waals surface area (Å²) in [6, 6.07) is 17.9. The molecule has 1 atom stereocenters. The summed E-state index contributed by atoms with van der Waals surface area (Å²) in [5.41, 5.74) is 9.93. The molecule has 3 N–H and O–H groups in total. The number of ether oxygens (including phenoxy) is 1. The standard InChI is InChI=1S/C18H21NO2.C12H22N2/c1-3-15-9-11-16(12-10-15)13-19-18(20)21-14(2)17-7-5-4-6-8-17;1-4-9-14(10-5-2)11-12(3)7-6-8-13/h4-12,14H,3,13H2,1-2H3,(H,19,20);4,6-8H,1,5,9-11,13H2,2-3H3/b;8-6-,12-7+. The van der Waals surface area contributed by atoms with Gasteiger partial charge in [0.25, 0.3) is 0 Å². The van der Waals surface area contributed by atoms with Crippen LogP contribution in [0.1, 0.15) is 56.9 Å². The second-order valence-corrected chi connectivity index (χ2v) is 8.40. The summed E-state index contributed by atoms with van der Waals surface area (Å²) in [4.78, 5) is 14.2. The lowest BCUT2D eigenvalue weighted by Crippen LogP contribution is -2.26. The van der Waals surface area contributed by atoms with Crippen molar-refractivity contribution in [3.05, 3.63) is 108 Å². The molecule has 5 heteroatoms. The number of alkyl carbamates (subject to hydrolysis) is 1. The molecule has 5 nitrogen and oxygen atoms in total. The number of hydrogen-bond donors (Lipinski definition) is 2. The van der Waals surface area contributed by atoms with Crippen molar-refractivity contribution in [2.45, 2.75) is 53.2 Å². The first-order valence-electron chi connectivity index (χ1n) is 12.4. The lowest BCUT2D eigenvalue weighted by molar-refractivity contribution is 0.106. The lowest BCUT2D eigenvalue weighted by Gasteiger charge is -2.19. The molecule has 1 amide bonds. The first-order chi connectivity index (χ1) is 16.9. The zero-order valence-corrected chi connectivity index (χ0v) is 21.9. The number of rotatable bonds is 12. The van der Waals surface area contributed by atoms with Crippen LogP contribution in [0.3, 0.4) is 0 Å². The van der Waals surface area contributed by atoms with E-state index in [1.807, 2.05) is 67.6 Å². The fourth-order valence-electron chi connectivity index (χ4n) is 3.42. The van der Waals surface area contributed by atoms with Gasteiger partial charge >= 0.3 is 6.09 Å². The SMILES string of the molecule is C=CCN(CCC)C/C(C)=C/C=C\N.CCc1ccc(CNC(=O)OC(C)c2ccccc2)cc1. The highest BCUT2D eigenvalue weighted by atomic mass is 16.6. The first kappa shape index (κ1) is 29.7. The van der Waals surface area contributed by atoms with Gasteiger partial charge in [-0.2, -0.15) is 0 Å². The highest BCUT2D eigenvalue weighted by Gasteiger charge is 2.10. The molecule has 2 aromatic rings. The minimum atomic E-state index is -0.397. The van der Waals surface area contributed by atoms with Crippen LogP contribution in [0.4, 0.5) is 4.79 Å². The van der Waals surface area contributed by atoms with Crippen LogP contribution in [0, 0.1) is 0 Å². The van der Waals surface area contributed by atoms with Gasteiger partial charge in [0.05, 0.1) is 0 Å². The van der Waals surface area contributed by atoms with E-state index >= 15 is 0 Å². The second kappa shape index (κ2) is 18.1. The smallest absolute Gasteiger partial charge is 0.408 e. The van der Waals surface area contributed by atoms with Gasteiger partial charge in [-0.3, -0.25) is 4.90 Å². The average molecular weight is 478 g/mol. The molecule has 2 aromatic carbocycles. The van der Waals surface area contributed by atoms with Crippen molar-refractivity contribution in [2.75, 3.05) is 19.6 Å². The van der Waals surface area contributed by atoms with Crippen molar-refractivity contribution in [1.29, 1.82) is 0 Å². The summed E-state index contributed by atoms with van der Waals surface area (Å²) in [6.45, 7) is 15.6. The van der Waals surface area contributed by atoms with Gasteiger partial charge in [-0.05, 0) is 62.2 Å². The topological polar surface area (TPSA) is 67.6 Å². The number of nitrogens with one attached hydrogen (secondary N) is 1. The van der Waals surface area contributed by atoms with Crippen LogP contribution in [0.5, 0.6) is 0 Å². The predicted octanol–water partition coefficient (Wildman–Crippen LogP) is 6.54. The molecule has 35 heavy (non-hydrogen) atoms. The van der Waals surface area contributed by atoms with Gasteiger partial charge in [0, 0.05) is 19.6 Å². The van der Waals surface area contributed by atoms with Crippen LogP contribution in [0.15, 0.2) is 91.2 Å². The Balaban J connectivity index is 0.000000383. The number of hydrogen-bond acceptors (Lipinski definition) is 4. The van der Waals surface area contributed by atoms with E-state index in [0.717, 1.165) is 37.2 Å². The maximum Gasteiger partial charge on any atom is 0.408 e. The van der Waals surface area contributed by atoms with Crippen molar-refractivity contribution in [3.63, 3.8) is 0 Å². The Kier molecular flexibility index (Phi) is 15.3. The maximum atomic E-state index is 11.8. The van der Waals surface area contributed by atoms with Crippen molar-refractivity contribution in [3.8, 4) is 0 Å². The maximum absolute atomic E-state index is 11.8. The number of carbonyl (C=O) groups is 1. The Morgan fingerprint density at radius 2 is 1.77 bits per heavy atom. The van der Waals surface area contributed by atoms with Gasteiger partial charge in [0.1, 0.15) is 6.10 Å². The first-order valence-corrected chi connectivity index (χ1v) is 12.4. The van der Waals surface area contributed by atoms with E-state index < -0.39 is 6.09 Å². The van der Waals surface area contributed by atoms with Crippen LogP contribution in [-0.4, -0.2) is 30.6 Å². The third-order valence-electron chi connectivity index (χ3n) is 5.31. The third kappa shape index (κ3) is 13.2. The van der Waals surface area contributed by atoms with E-state index in [1.54, 1.807) is 6.20 Å². The zero-order valence-electron chi connectivity index (χ0n) is 21.9. The fourth-order valence-corrected chi connectivity index (χ4v) is 3.42. The molecule has 190 valence electrons.